The molecule has 1 N–H and O–H groups in total. The van der Waals surface area contributed by atoms with Crippen LogP contribution < -0.4 is 0 Å². The lowest BCUT2D eigenvalue weighted by molar-refractivity contribution is -0.141. The van der Waals surface area contributed by atoms with Crippen molar-refractivity contribution in [2.24, 2.45) is 5.92 Å². The van der Waals surface area contributed by atoms with Crippen LogP contribution in [0.4, 0.5) is 0 Å². The van der Waals surface area contributed by atoms with Crippen molar-refractivity contribution in [3.05, 3.63) is 15.6 Å². The molecule has 1 saturated heterocycles. The average molecular weight is 282 g/mol. The number of aliphatic carboxylic acids is 1. The summed E-state index contributed by atoms with van der Waals surface area (Å²) < 4.78 is 0. The summed E-state index contributed by atoms with van der Waals surface area (Å²) in [7, 11) is 0. The number of rotatable bonds is 4. The molecular weight excluding hydrogens is 264 g/mol. The Bertz CT molecular complexity index is 498. The summed E-state index contributed by atoms with van der Waals surface area (Å²) >= 11 is 1.44. The van der Waals surface area contributed by atoms with E-state index in [0.717, 1.165) is 23.5 Å². The van der Waals surface area contributed by atoms with Crippen molar-refractivity contribution in [1.29, 1.82) is 0 Å². The number of nitrogens with zero attached hydrogens (tertiary/aromatic N) is 2. The van der Waals surface area contributed by atoms with Crippen LogP contribution in [0, 0.1) is 12.8 Å². The van der Waals surface area contributed by atoms with E-state index >= 15 is 0 Å². The number of hydrogen-bond acceptors (Lipinski definition) is 4. The number of hydrogen-bond donors (Lipinski definition) is 1. The van der Waals surface area contributed by atoms with Crippen molar-refractivity contribution < 1.29 is 14.7 Å². The zero-order valence-electron chi connectivity index (χ0n) is 11.2. The second-order valence-corrected chi connectivity index (χ2v) is 5.93. The fourth-order valence-electron chi connectivity index (χ4n) is 2.26. The molecule has 6 heteroatoms. The topological polar surface area (TPSA) is 70.5 Å². The fraction of sp³-hybridized carbons (Fsp3) is 0.615. The molecule has 0 saturated carbocycles. The van der Waals surface area contributed by atoms with Crippen LogP contribution in [0.15, 0.2) is 0 Å². The second-order valence-electron chi connectivity index (χ2n) is 4.85. The summed E-state index contributed by atoms with van der Waals surface area (Å²) in [5.41, 5.74) is 0.761. The Balaban J connectivity index is 2.10. The number of carboxylic acid groups (broad SMARTS) is 1. The Morgan fingerprint density at radius 2 is 2.26 bits per heavy atom. The van der Waals surface area contributed by atoms with E-state index < -0.39 is 11.9 Å². The summed E-state index contributed by atoms with van der Waals surface area (Å²) in [6, 6.07) is 0. The number of likely N-dealkylation sites (tertiary alicyclic amines) is 1. The third-order valence-corrected chi connectivity index (χ3v) is 4.53. The number of aromatic nitrogens is 1. The van der Waals surface area contributed by atoms with Crippen LogP contribution in [0.25, 0.3) is 0 Å². The first-order valence-corrected chi connectivity index (χ1v) is 7.33. The molecular formula is C13H18N2O3S. The molecule has 2 heterocycles. The van der Waals surface area contributed by atoms with Crippen molar-refractivity contribution in [3.8, 4) is 0 Å². The van der Waals surface area contributed by atoms with E-state index in [4.69, 9.17) is 5.11 Å². The molecule has 1 aliphatic heterocycles. The molecule has 1 aliphatic rings. The molecule has 1 aromatic heterocycles. The van der Waals surface area contributed by atoms with Gasteiger partial charge in [0.2, 0.25) is 0 Å². The molecule has 1 amide bonds. The minimum Gasteiger partial charge on any atom is -0.481 e. The number of amides is 1. The molecule has 0 bridgehead atoms. The van der Waals surface area contributed by atoms with Crippen LogP contribution in [0.1, 0.15) is 40.1 Å². The Morgan fingerprint density at radius 3 is 2.84 bits per heavy atom. The van der Waals surface area contributed by atoms with Gasteiger partial charge >= 0.3 is 5.97 Å². The van der Waals surface area contributed by atoms with Crippen molar-refractivity contribution in [3.63, 3.8) is 0 Å². The largest absolute Gasteiger partial charge is 0.481 e. The summed E-state index contributed by atoms with van der Waals surface area (Å²) in [6.45, 7) is 4.76. The van der Waals surface area contributed by atoms with E-state index in [1.807, 2.05) is 6.92 Å². The lowest BCUT2D eigenvalue weighted by Crippen LogP contribution is -2.29. The monoisotopic (exact) mass is 282 g/mol. The maximum atomic E-state index is 12.4. The van der Waals surface area contributed by atoms with E-state index in [-0.39, 0.29) is 5.91 Å². The van der Waals surface area contributed by atoms with Gasteiger partial charge in [-0.05, 0) is 26.2 Å². The van der Waals surface area contributed by atoms with Gasteiger partial charge < -0.3 is 10.0 Å². The Hall–Kier alpha value is -1.43. The zero-order valence-corrected chi connectivity index (χ0v) is 12.0. The van der Waals surface area contributed by atoms with Crippen molar-refractivity contribution in [2.75, 3.05) is 13.1 Å². The third kappa shape index (κ3) is 2.94. The predicted octanol–water partition coefficient (Wildman–Crippen LogP) is 1.95. The second kappa shape index (κ2) is 5.69. The van der Waals surface area contributed by atoms with E-state index in [1.54, 1.807) is 4.90 Å². The highest BCUT2D eigenvalue weighted by molar-refractivity contribution is 7.13. The van der Waals surface area contributed by atoms with Crippen LogP contribution >= 0.6 is 11.3 Å². The lowest BCUT2D eigenvalue weighted by Gasteiger charge is -2.14. The van der Waals surface area contributed by atoms with Crippen molar-refractivity contribution in [2.45, 2.75) is 33.1 Å². The van der Waals surface area contributed by atoms with Gasteiger partial charge in [0.1, 0.15) is 4.88 Å². The van der Waals surface area contributed by atoms with Crippen LogP contribution in [-0.4, -0.2) is 40.0 Å². The van der Waals surface area contributed by atoms with Gasteiger partial charge in [0.05, 0.1) is 16.6 Å². The molecule has 2 rings (SSSR count). The van der Waals surface area contributed by atoms with E-state index in [2.05, 4.69) is 11.9 Å². The zero-order chi connectivity index (χ0) is 14.0. The van der Waals surface area contributed by atoms with Gasteiger partial charge in [0.25, 0.3) is 5.91 Å². The smallest absolute Gasteiger partial charge is 0.308 e. The highest BCUT2D eigenvalue weighted by Gasteiger charge is 2.32. The van der Waals surface area contributed by atoms with Gasteiger partial charge in [0, 0.05) is 13.1 Å². The molecule has 5 nitrogen and oxygen atoms in total. The first-order chi connectivity index (χ1) is 9.02. The van der Waals surface area contributed by atoms with Gasteiger partial charge in [-0.3, -0.25) is 9.59 Å². The first-order valence-electron chi connectivity index (χ1n) is 6.51. The van der Waals surface area contributed by atoms with E-state index in [1.165, 1.54) is 11.3 Å². The molecule has 104 valence electrons. The SMILES string of the molecule is CCCc1nc(C)c(C(=O)N2CCC(C(=O)O)C2)s1. The van der Waals surface area contributed by atoms with Gasteiger partial charge in [-0.1, -0.05) is 6.92 Å². The maximum absolute atomic E-state index is 12.4. The Kier molecular flexibility index (Phi) is 4.19. The number of aryl methyl sites for hydroxylation is 2. The van der Waals surface area contributed by atoms with Gasteiger partial charge in [-0.15, -0.1) is 11.3 Å². The molecule has 1 unspecified atom stereocenters. The number of carbonyl (C=O) groups excluding carboxylic acids is 1. The predicted molar refractivity (Wildman–Crippen MR) is 72.5 cm³/mol. The molecule has 0 aromatic carbocycles. The minimum absolute atomic E-state index is 0.0684. The van der Waals surface area contributed by atoms with E-state index in [0.29, 0.717) is 24.4 Å². The Morgan fingerprint density at radius 1 is 1.53 bits per heavy atom. The minimum atomic E-state index is -0.817. The molecule has 19 heavy (non-hydrogen) atoms. The maximum Gasteiger partial charge on any atom is 0.308 e. The molecule has 1 atom stereocenters. The number of carboxylic acids is 1. The summed E-state index contributed by atoms with van der Waals surface area (Å²) in [4.78, 5) is 30.0. The Labute approximate surface area is 116 Å². The van der Waals surface area contributed by atoms with Crippen molar-refractivity contribution in [1.82, 2.24) is 9.88 Å². The van der Waals surface area contributed by atoms with Crippen LogP contribution in [0.5, 0.6) is 0 Å². The summed E-state index contributed by atoms with van der Waals surface area (Å²) in [6.07, 6.45) is 2.43. The molecule has 0 aliphatic carbocycles. The van der Waals surface area contributed by atoms with Gasteiger partial charge in [-0.2, -0.15) is 0 Å². The van der Waals surface area contributed by atoms with Crippen LogP contribution in [0.2, 0.25) is 0 Å². The summed E-state index contributed by atoms with van der Waals surface area (Å²) in [5.74, 6) is -1.31. The molecule has 0 radical (unpaired) electrons. The standard InChI is InChI=1S/C13H18N2O3S/c1-3-4-10-14-8(2)11(19-10)12(16)15-6-5-9(7-15)13(17)18/h9H,3-7H2,1-2H3,(H,17,18). The van der Waals surface area contributed by atoms with Crippen molar-refractivity contribution >= 4 is 23.2 Å². The van der Waals surface area contributed by atoms with Crippen LogP contribution in [0.3, 0.4) is 0 Å². The molecule has 1 aromatic rings. The number of carbonyl (C=O) groups is 2. The van der Waals surface area contributed by atoms with E-state index in [9.17, 15) is 9.59 Å². The molecule has 1 fully saturated rings. The highest BCUT2D eigenvalue weighted by Crippen LogP contribution is 2.24. The van der Waals surface area contributed by atoms with Crippen LogP contribution in [-0.2, 0) is 11.2 Å². The van der Waals surface area contributed by atoms with Gasteiger partial charge in [0.15, 0.2) is 0 Å². The van der Waals surface area contributed by atoms with Gasteiger partial charge in [-0.25, -0.2) is 4.98 Å². The first kappa shape index (κ1) is 14.0. The quantitative estimate of drug-likeness (QED) is 0.916. The third-order valence-electron chi connectivity index (χ3n) is 3.32. The highest BCUT2D eigenvalue weighted by atomic mass is 32.1. The molecule has 0 spiro atoms. The average Bonchev–Trinajstić information content (AvgIpc) is 2.96. The fourth-order valence-corrected chi connectivity index (χ4v) is 3.40. The normalized spacial score (nSPS) is 18.8. The lowest BCUT2D eigenvalue weighted by atomic mass is 10.1. The summed E-state index contributed by atoms with van der Waals surface area (Å²) in [5, 5.41) is 9.95. The number of thiazole rings is 1.